The van der Waals surface area contributed by atoms with E-state index in [2.05, 4.69) is 5.32 Å². The number of benzene rings is 1. The number of carbonyl (C=O) groups is 2. The van der Waals surface area contributed by atoms with Crippen LogP contribution < -0.4 is 10.2 Å². The van der Waals surface area contributed by atoms with Gasteiger partial charge in [-0.1, -0.05) is 12.1 Å². The van der Waals surface area contributed by atoms with Crippen molar-refractivity contribution in [3.05, 3.63) is 29.8 Å². The molecule has 0 aromatic heterocycles. The maximum absolute atomic E-state index is 12.0. The predicted molar refractivity (Wildman–Crippen MR) is 98.0 cm³/mol. The molecule has 0 spiro atoms. The third-order valence-corrected chi connectivity index (χ3v) is 3.88. The Balaban J connectivity index is 2.38. The van der Waals surface area contributed by atoms with Gasteiger partial charge in [-0.2, -0.15) is 0 Å². The minimum atomic E-state index is -0.0819. The van der Waals surface area contributed by atoms with E-state index in [-0.39, 0.29) is 24.9 Å². The van der Waals surface area contributed by atoms with Gasteiger partial charge in [-0.15, -0.1) is 0 Å². The first-order chi connectivity index (χ1) is 11.4. The van der Waals surface area contributed by atoms with E-state index in [4.69, 9.17) is 0 Å². The van der Waals surface area contributed by atoms with Crippen LogP contribution in [0, 0.1) is 0 Å². The fourth-order valence-electron chi connectivity index (χ4n) is 2.38. The lowest BCUT2D eigenvalue weighted by Crippen LogP contribution is -2.42. The number of nitrogens with zero attached hydrogens (tertiary/aromatic N) is 3. The molecule has 0 aliphatic heterocycles. The normalized spacial score (nSPS) is 10.6. The molecule has 1 N–H and O–H groups in total. The molecular formula is C18H30N4O2. The van der Waals surface area contributed by atoms with Gasteiger partial charge >= 0.3 is 0 Å². The third-order valence-electron chi connectivity index (χ3n) is 3.88. The summed E-state index contributed by atoms with van der Waals surface area (Å²) in [6.45, 7) is 6.25. The van der Waals surface area contributed by atoms with Crippen molar-refractivity contribution in [3.8, 4) is 0 Å². The molecule has 2 amide bonds. The van der Waals surface area contributed by atoms with Gasteiger partial charge in [0.25, 0.3) is 0 Å². The van der Waals surface area contributed by atoms with Crippen LogP contribution >= 0.6 is 0 Å². The highest BCUT2D eigenvalue weighted by Crippen LogP contribution is 2.11. The molecule has 24 heavy (non-hydrogen) atoms. The van der Waals surface area contributed by atoms with Gasteiger partial charge in [-0.3, -0.25) is 14.5 Å². The molecule has 0 aliphatic rings. The van der Waals surface area contributed by atoms with Crippen LogP contribution in [0.15, 0.2) is 24.3 Å². The first-order valence-electron chi connectivity index (χ1n) is 8.36. The van der Waals surface area contributed by atoms with Gasteiger partial charge in [0, 0.05) is 39.4 Å². The van der Waals surface area contributed by atoms with Crippen LogP contribution in [0.5, 0.6) is 0 Å². The molecule has 1 rings (SSSR count). The Morgan fingerprint density at radius 2 is 1.54 bits per heavy atom. The summed E-state index contributed by atoms with van der Waals surface area (Å²) in [5.41, 5.74) is 2.18. The van der Waals surface area contributed by atoms with E-state index in [1.54, 1.807) is 16.8 Å². The topological polar surface area (TPSA) is 55.9 Å². The molecule has 0 atom stereocenters. The van der Waals surface area contributed by atoms with Gasteiger partial charge in [0.05, 0.1) is 13.1 Å². The van der Waals surface area contributed by atoms with Crippen molar-refractivity contribution in [1.29, 1.82) is 0 Å². The van der Waals surface area contributed by atoms with Gasteiger partial charge in [0.2, 0.25) is 11.8 Å². The number of carbonyl (C=O) groups excluding carboxylic acids is 2. The van der Waals surface area contributed by atoms with Gasteiger partial charge < -0.3 is 15.1 Å². The maximum atomic E-state index is 12.0. The van der Waals surface area contributed by atoms with Crippen LogP contribution in [0.3, 0.4) is 0 Å². The van der Waals surface area contributed by atoms with E-state index >= 15 is 0 Å². The van der Waals surface area contributed by atoms with E-state index in [9.17, 15) is 9.59 Å². The Morgan fingerprint density at radius 3 is 2.04 bits per heavy atom. The van der Waals surface area contributed by atoms with Crippen molar-refractivity contribution < 1.29 is 9.59 Å². The summed E-state index contributed by atoms with van der Waals surface area (Å²) in [5, 5.41) is 2.89. The van der Waals surface area contributed by atoms with Gasteiger partial charge in [0.15, 0.2) is 0 Å². The lowest BCUT2D eigenvalue weighted by Gasteiger charge is -2.22. The third kappa shape index (κ3) is 6.58. The summed E-state index contributed by atoms with van der Waals surface area (Å²) >= 11 is 0. The van der Waals surface area contributed by atoms with Gasteiger partial charge in [-0.05, 0) is 38.6 Å². The van der Waals surface area contributed by atoms with Crippen LogP contribution in [0.2, 0.25) is 0 Å². The standard InChI is InChI=1S/C18H30N4O2/c1-6-22(7-2)18(24)14-21(5)13-17(23)19-12-15-8-10-16(11-9-15)20(3)4/h8-11H,6-7,12-14H2,1-5H3,(H,19,23). The van der Waals surface area contributed by atoms with Crippen molar-refractivity contribution >= 4 is 17.5 Å². The Hall–Kier alpha value is -2.08. The zero-order valence-electron chi connectivity index (χ0n) is 15.5. The zero-order chi connectivity index (χ0) is 18.1. The van der Waals surface area contributed by atoms with Crippen molar-refractivity contribution in [2.24, 2.45) is 0 Å². The van der Waals surface area contributed by atoms with Crippen LogP contribution in [-0.2, 0) is 16.1 Å². The summed E-state index contributed by atoms with van der Waals surface area (Å²) < 4.78 is 0. The number of rotatable bonds is 9. The number of hydrogen-bond donors (Lipinski definition) is 1. The quantitative estimate of drug-likeness (QED) is 0.736. The molecule has 0 radical (unpaired) electrons. The number of hydrogen-bond acceptors (Lipinski definition) is 4. The predicted octanol–water partition coefficient (Wildman–Crippen LogP) is 1.17. The number of amides is 2. The highest BCUT2D eigenvalue weighted by Gasteiger charge is 2.14. The molecule has 0 aliphatic carbocycles. The van der Waals surface area contributed by atoms with E-state index in [0.717, 1.165) is 11.3 Å². The summed E-state index contributed by atoms with van der Waals surface area (Å²) in [7, 11) is 5.77. The van der Waals surface area contributed by atoms with E-state index in [1.165, 1.54) is 0 Å². The number of anilines is 1. The van der Waals surface area contributed by atoms with Gasteiger partial charge in [0.1, 0.15) is 0 Å². The molecule has 0 saturated carbocycles. The first kappa shape index (κ1) is 20.0. The molecular weight excluding hydrogens is 304 g/mol. The van der Waals surface area contributed by atoms with Crippen LogP contribution in [0.25, 0.3) is 0 Å². The zero-order valence-corrected chi connectivity index (χ0v) is 15.5. The lowest BCUT2D eigenvalue weighted by molar-refractivity contribution is -0.132. The molecule has 0 bridgehead atoms. The highest BCUT2D eigenvalue weighted by molar-refractivity contribution is 5.81. The molecule has 1 aromatic rings. The molecule has 0 heterocycles. The van der Waals surface area contributed by atoms with E-state index in [1.807, 2.05) is 57.1 Å². The Kier molecular flexibility index (Phi) is 8.26. The molecule has 134 valence electrons. The smallest absolute Gasteiger partial charge is 0.236 e. The van der Waals surface area contributed by atoms with Gasteiger partial charge in [-0.25, -0.2) is 0 Å². The molecule has 6 nitrogen and oxygen atoms in total. The fourth-order valence-corrected chi connectivity index (χ4v) is 2.38. The van der Waals surface area contributed by atoms with Crippen molar-refractivity contribution in [2.75, 3.05) is 52.2 Å². The fraction of sp³-hybridized carbons (Fsp3) is 0.556. The molecule has 6 heteroatoms. The second-order valence-electron chi connectivity index (χ2n) is 6.08. The molecule has 0 unspecified atom stereocenters. The van der Waals surface area contributed by atoms with Crippen molar-refractivity contribution in [2.45, 2.75) is 20.4 Å². The maximum Gasteiger partial charge on any atom is 0.236 e. The minimum absolute atomic E-state index is 0.0505. The van der Waals surface area contributed by atoms with Crippen molar-refractivity contribution in [3.63, 3.8) is 0 Å². The second-order valence-corrected chi connectivity index (χ2v) is 6.08. The highest BCUT2D eigenvalue weighted by atomic mass is 16.2. The first-order valence-corrected chi connectivity index (χ1v) is 8.36. The SMILES string of the molecule is CCN(CC)C(=O)CN(C)CC(=O)NCc1ccc(N(C)C)cc1. The average molecular weight is 334 g/mol. The summed E-state index contributed by atoms with van der Waals surface area (Å²) in [6, 6.07) is 8.05. The minimum Gasteiger partial charge on any atom is -0.378 e. The van der Waals surface area contributed by atoms with E-state index < -0.39 is 0 Å². The monoisotopic (exact) mass is 334 g/mol. The Labute approximate surface area is 145 Å². The molecule has 0 saturated heterocycles. The molecule has 1 aromatic carbocycles. The molecule has 0 fully saturated rings. The Morgan fingerprint density at radius 1 is 0.958 bits per heavy atom. The average Bonchev–Trinajstić information content (AvgIpc) is 2.54. The number of likely N-dealkylation sites (N-methyl/N-ethyl adjacent to an activating group) is 2. The van der Waals surface area contributed by atoms with Crippen LogP contribution in [-0.4, -0.2) is 68.9 Å². The second kappa shape index (κ2) is 9.93. The summed E-state index contributed by atoms with van der Waals surface area (Å²) in [4.78, 5) is 29.6. The Bertz CT molecular complexity index is 524. The van der Waals surface area contributed by atoms with Crippen LogP contribution in [0.1, 0.15) is 19.4 Å². The van der Waals surface area contributed by atoms with Crippen LogP contribution in [0.4, 0.5) is 5.69 Å². The summed E-state index contributed by atoms with van der Waals surface area (Å²) in [6.07, 6.45) is 0. The largest absolute Gasteiger partial charge is 0.378 e. The summed E-state index contributed by atoms with van der Waals surface area (Å²) in [5.74, 6) is -0.0314. The number of nitrogens with one attached hydrogen (secondary N) is 1. The van der Waals surface area contributed by atoms with Crippen molar-refractivity contribution in [1.82, 2.24) is 15.1 Å². The van der Waals surface area contributed by atoms with E-state index in [0.29, 0.717) is 19.6 Å². The lowest BCUT2D eigenvalue weighted by atomic mass is 10.2.